The van der Waals surface area contributed by atoms with Crippen LogP contribution in [0.2, 0.25) is 0 Å². The lowest BCUT2D eigenvalue weighted by molar-refractivity contribution is 0.242. The second-order valence-corrected chi connectivity index (χ2v) is 5.15. The van der Waals surface area contributed by atoms with Gasteiger partial charge < -0.3 is 10.1 Å². The molecule has 0 bridgehead atoms. The normalized spacial score (nSPS) is 22.8. The molecule has 0 heterocycles. The van der Waals surface area contributed by atoms with Crippen LogP contribution in [0.3, 0.4) is 0 Å². The maximum Gasteiger partial charge on any atom is 0.119 e. The van der Waals surface area contributed by atoms with Crippen molar-refractivity contribution in [2.75, 3.05) is 13.1 Å². The molecule has 94 valence electrons. The summed E-state index contributed by atoms with van der Waals surface area (Å²) in [5.74, 6) is 2.57. The van der Waals surface area contributed by atoms with Crippen LogP contribution < -0.4 is 10.1 Å². The van der Waals surface area contributed by atoms with Crippen molar-refractivity contribution in [2.24, 2.45) is 5.92 Å². The predicted molar refractivity (Wildman–Crippen MR) is 71.6 cm³/mol. The fourth-order valence-corrected chi connectivity index (χ4v) is 2.30. The summed E-state index contributed by atoms with van der Waals surface area (Å²) in [5.41, 5.74) is 1.44. The highest BCUT2D eigenvalue weighted by atomic mass is 16.5. The van der Waals surface area contributed by atoms with E-state index in [1.54, 1.807) is 0 Å². The van der Waals surface area contributed by atoms with Crippen LogP contribution in [0.25, 0.3) is 0 Å². The third kappa shape index (κ3) is 3.47. The highest BCUT2D eigenvalue weighted by molar-refractivity contribution is 5.34. The first kappa shape index (κ1) is 12.4. The largest absolute Gasteiger partial charge is 0.491 e. The molecule has 0 aromatic heterocycles. The second kappa shape index (κ2) is 5.54. The molecule has 0 spiro atoms. The van der Waals surface area contributed by atoms with Gasteiger partial charge >= 0.3 is 0 Å². The van der Waals surface area contributed by atoms with E-state index in [1.165, 1.54) is 12.0 Å². The molecule has 1 aliphatic rings. The van der Waals surface area contributed by atoms with E-state index in [9.17, 15) is 0 Å². The third-order valence-electron chi connectivity index (χ3n) is 3.24. The van der Waals surface area contributed by atoms with Crippen molar-refractivity contribution in [1.29, 1.82) is 0 Å². The number of ether oxygens (including phenoxy) is 1. The molecule has 0 radical (unpaired) electrons. The van der Waals surface area contributed by atoms with E-state index in [0.29, 0.717) is 0 Å². The Bertz CT molecular complexity index is 362. The van der Waals surface area contributed by atoms with Crippen molar-refractivity contribution in [3.63, 3.8) is 0 Å². The molecule has 1 aliphatic carbocycles. The number of hydrogen-bond donors (Lipinski definition) is 1. The first-order valence-electron chi connectivity index (χ1n) is 6.68. The van der Waals surface area contributed by atoms with Gasteiger partial charge in [-0.2, -0.15) is 0 Å². The van der Waals surface area contributed by atoms with Crippen LogP contribution in [-0.4, -0.2) is 19.2 Å². The Morgan fingerprint density at radius 3 is 2.94 bits per heavy atom. The maximum atomic E-state index is 5.73. The van der Waals surface area contributed by atoms with Gasteiger partial charge in [0.05, 0.1) is 6.10 Å². The van der Waals surface area contributed by atoms with Crippen molar-refractivity contribution in [3.05, 3.63) is 29.8 Å². The van der Waals surface area contributed by atoms with Crippen LogP contribution in [-0.2, 0) is 0 Å². The number of rotatable bonds is 6. The molecule has 1 N–H and O–H groups in total. The standard InChI is InChI=1S/C15H23NO/c1-4-16-10-13-9-15(13)12-6-5-7-14(8-12)17-11(2)3/h5-8,11,13,15-16H,4,9-10H2,1-3H3. The molecule has 0 amide bonds. The van der Waals surface area contributed by atoms with Crippen LogP contribution in [0.4, 0.5) is 0 Å². The van der Waals surface area contributed by atoms with Crippen molar-refractivity contribution in [1.82, 2.24) is 5.32 Å². The van der Waals surface area contributed by atoms with Crippen molar-refractivity contribution in [3.8, 4) is 5.75 Å². The molecule has 2 heteroatoms. The quantitative estimate of drug-likeness (QED) is 0.814. The second-order valence-electron chi connectivity index (χ2n) is 5.15. The average Bonchev–Trinajstić information content (AvgIpc) is 3.05. The highest BCUT2D eigenvalue weighted by Gasteiger charge is 2.37. The first-order chi connectivity index (χ1) is 8.20. The summed E-state index contributed by atoms with van der Waals surface area (Å²) in [4.78, 5) is 0. The van der Waals surface area contributed by atoms with Crippen LogP contribution >= 0.6 is 0 Å². The van der Waals surface area contributed by atoms with E-state index < -0.39 is 0 Å². The lowest BCUT2D eigenvalue weighted by Crippen LogP contribution is -2.16. The maximum absolute atomic E-state index is 5.73. The summed E-state index contributed by atoms with van der Waals surface area (Å²) in [6.07, 6.45) is 1.57. The lowest BCUT2D eigenvalue weighted by atomic mass is 10.1. The zero-order chi connectivity index (χ0) is 12.3. The molecule has 2 atom stereocenters. The first-order valence-corrected chi connectivity index (χ1v) is 6.68. The van der Waals surface area contributed by atoms with E-state index in [0.717, 1.165) is 30.7 Å². The zero-order valence-electron chi connectivity index (χ0n) is 11.1. The van der Waals surface area contributed by atoms with Gasteiger partial charge in [0.1, 0.15) is 5.75 Å². The van der Waals surface area contributed by atoms with Crippen LogP contribution in [0.1, 0.15) is 38.7 Å². The van der Waals surface area contributed by atoms with Gasteiger partial charge in [0.25, 0.3) is 0 Å². The van der Waals surface area contributed by atoms with Gasteiger partial charge in [0.2, 0.25) is 0 Å². The SMILES string of the molecule is CCNCC1CC1c1cccc(OC(C)C)c1. The van der Waals surface area contributed by atoms with Gasteiger partial charge in [-0.25, -0.2) is 0 Å². The fraction of sp³-hybridized carbons (Fsp3) is 0.600. The minimum Gasteiger partial charge on any atom is -0.491 e. The van der Waals surface area contributed by atoms with Crippen LogP contribution in [0.15, 0.2) is 24.3 Å². The average molecular weight is 233 g/mol. The van der Waals surface area contributed by atoms with E-state index >= 15 is 0 Å². The molecule has 1 aromatic rings. The highest BCUT2D eigenvalue weighted by Crippen LogP contribution is 2.47. The summed E-state index contributed by atoms with van der Waals surface area (Å²) in [6, 6.07) is 8.58. The van der Waals surface area contributed by atoms with Gasteiger partial charge in [-0.05, 0) is 62.9 Å². The minimum absolute atomic E-state index is 0.252. The summed E-state index contributed by atoms with van der Waals surface area (Å²) in [5, 5.41) is 3.43. The van der Waals surface area contributed by atoms with Crippen molar-refractivity contribution in [2.45, 2.75) is 39.2 Å². The van der Waals surface area contributed by atoms with E-state index in [-0.39, 0.29) is 6.10 Å². The number of benzene rings is 1. The summed E-state index contributed by atoms with van der Waals surface area (Å²) >= 11 is 0. The molecular weight excluding hydrogens is 210 g/mol. The Hall–Kier alpha value is -1.02. The minimum atomic E-state index is 0.252. The van der Waals surface area contributed by atoms with E-state index in [1.807, 2.05) is 6.07 Å². The van der Waals surface area contributed by atoms with Gasteiger partial charge in [-0.1, -0.05) is 19.1 Å². The summed E-state index contributed by atoms with van der Waals surface area (Å²) < 4.78 is 5.73. The summed E-state index contributed by atoms with van der Waals surface area (Å²) in [6.45, 7) is 8.51. The molecule has 0 aliphatic heterocycles. The molecule has 17 heavy (non-hydrogen) atoms. The Balaban J connectivity index is 1.93. The Kier molecular flexibility index (Phi) is 4.06. The molecule has 0 saturated heterocycles. The Morgan fingerprint density at radius 2 is 2.24 bits per heavy atom. The smallest absolute Gasteiger partial charge is 0.119 e. The van der Waals surface area contributed by atoms with Crippen LogP contribution in [0.5, 0.6) is 5.75 Å². The van der Waals surface area contributed by atoms with Gasteiger partial charge in [-0.3, -0.25) is 0 Å². The van der Waals surface area contributed by atoms with Crippen LogP contribution in [0, 0.1) is 5.92 Å². The lowest BCUT2D eigenvalue weighted by Gasteiger charge is -2.10. The van der Waals surface area contributed by atoms with Crippen molar-refractivity contribution < 1.29 is 4.74 Å². The Morgan fingerprint density at radius 1 is 1.41 bits per heavy atom. The molecule has 1 saturated carbocycles. The third-order valence-corrected chi connectivity index (χ3v) is 3.24. The van der Waals surface area contributed by atoms with Crippen molar-refractivity contribution >= 4 is 0 Å². The predicted octanol–water partition coefficient (Wildman–Crippen LogP) is 3.19. The Labute approximate surface area is 104 Å². The molecule has 2 nitrogen and oxygen atoms in total. The van der Waals surface area contributed by atoms with E-state index in [4.69, 9.17) is 4.74 Å². The fourth-order valence-electron chi connectivity index (χ4n) is 2.30. The zero-order valence-corrected chi connectivity index (χ0v) is 11.1. The molecule has 1 fully saturated rings. The molecule has 2 rings (SSSR count). The number of nitrogens with one attached hydrogen (secondary N) is 1. The van der Waals surface area contributed by atoms with Gasteiger partial charge in [0.15, 0.2) is 0 Å². The van der Waals surface area contributed by atoms with E-state index in [2.05, 4.69) is 44.3 Å². The molecule has 2 unspecified atom stereocenters. The number of hydrogen-bond acceptors (Lipinski definition) is 2. The molecule has 1 aromatic carbocycles. The van der Waals surface area contributed by atoms with Gasteiger partial charge in [0, 0.05) is 0 Å². The molecular formula is C15H23NO. The summed E-state index contributed by atoms with van der Waals surface area (Å²) in [7, 11) is 0. The monoisotopic (exact) mass is 233 g/mol. The topological polar surface area (TPSA) is 21.3 Å². The van der Waals surface area contributed by atoms with Gasteiger partial charge in [-0.15, -0.1) is 0 Å².